The Morgan fingerprint density at radius 3 is 2.06 bits per heavy atom. The second kappa shape index (κ2) is 9.66. The molecular formula is C25H24F7NO3. The van der Waals surface area contributed by atoms with Crippen LogP contribution in [-0.4, -0.2) is 29.3 Å². The van der Waals surface area contributed by atoms with Crippen LogP contribution in [0.2, 0.25) is 0 Å². The van der Waals surface area contributed by atoms with Gasteiger partial charge in [0.1, 0.15) is 11.9 Å². The Hall–Kier alpha value is -2.66. The van der Waals surface area contributed by atoms with Crippen LogP contribution in [0.15, 0.2) is 42.5 Å². The molecule has 0 spiro atoms. The van der Waals surface area contributed by atoms with Gasteiger partial charge in [-0.25, -0.2) is 4.39 Å². The van der Waals surface area contributed by atoms with Gasteiger partial charge in [0.25, 0.3) is 0 Å². The summed E-state index contributed by atoms with van der Waals surface area (Å²) in [6, 6.07) is 6.52. The molecule has 11 heteroatoms. The highest BCUT2D eigenvalue weighted by Gasteiger charge is 2.46. The summed E-state index contributed by atoms with van der Waals surface area (Å²) >= 11 is 0. The lowest BCUT2D eigenvalue weighted by Gasteiger charge is -2.31. The lowest BCUT2D eigenvalue weighted by molar-refractivity contribution is -0.143. The van der Waals surface area contributed by atoms with Gasteiger partial charge in [-0.2, -0.15) is 26.3 Å². The minimum atomic E-state index is -4.98. The standard InChI is InChI=1S/C25H24F7NO3/c1-12(14-8-15(24(27,28)29)10-16(9-14)25(30,31)32)36-21-7-6-18(19-11-20(34)23(35)33-19)22(21)13-2-4-17(26)5-3-13/h2-5,8-10,12,18-22,34H,6-7,11H2,1H3,(H,33,35)/t12-,18+,19+,20+,21+,22+/m1/s1. The number of aliphatic hydroxyl groups excluding tert-OH is 1. The SMILES string of the molecule is C[C@@H](O[C@H]1CC[C@@H]([C@@H]2C[C@H](O)C(=O)N2)[C@@H]1c1ccc(F)cc1)c1cc(C(F)(F)F)cc(C(F)(F)F)c1. The van der Waals surface area contributed by atoms with Crippen molar-refractivity contribution in [1.29, 1.82) is 0 Å². The molecule has 2 aliphatic rings. The van der Waals surface area contributed by atoms with E-state index in [1.165, 1.54) is 19.1 Å². The maximum atomic E-state index is 13.6. The van der Waals surface area contributed by atoms with Gasteiger partial charge in [-0.3, -0.25) is 4.79 Å². The molecule has 4 rings (SSSR count). The number of carbonyl (C=O) groups is 1. The zero-order chi connectivity index (χ0) is 26.4. The molecule has 1 aliphatic heterocycles. The number of nitrogens with one attached hydrogen (secondary N) is 1. The van der Waals surface area contributed by atoms with Crippen molar-refractivity contribution in [2.75, 3.05) is 0 Å². The maximum Gasteiger partial charge on any atom is 0.416 e. The fraction of sp³-hybridized carbons (Fsp3) is 0.480. The molecule has 36 heavy (non-hydrogen) atoms. The van der Waals surface area contributed by atoms with Gasteiger partial charge in [0, 0.05) is 18.4 Å². The molecule has 2 N–H and O–H groups in total. The summed E-state index contributed by atoms with van der Waals surface area (Å²) in [5, 5.41) is 12.6. The first kappa shape index (κ1) is 26.4. The van der Waals surface area contributed by atoms with Crippen molar-refractivity contribution in [2.45, 2.75) is 68.8 Å². The molecule has 1 heterocycles. The van der Waals surface area contributed by atoms with Crippen LogP contribution in [0.4, 0.5) is 30.7 Å². The van der Waals surface area contributed by atoms with Crippen molar-refractivity contribution in [3.8, 4) is 0 Å². The topological polar surface area (TPSA) is 58.6 Å². The summed E-state index contributed by atoms with van der Waals surface area (Å²) in [5.74, 6) is -1.66. The minimum absolute atomic E-state index is 0.0667. The average molecular weight is 519 g/mol. The first-order chi connectivity index (χ1) is 16.7. The minimum Gasteiger partial charge on any atom is -0.383 e. The summed E-state index contributed by atoms with van der Waals surface area (Å²) in [4.78, 5) is 11.9. The number of alkyl halides is 6. The Labute approximate surface area is 202 Å². The smallest absolute Gasteiger partial charge is 0.383 e. The maximum absolute atomic E-state index is 13.6. The van der Waals surface area contributed by atoms with Gasteiger partial charge in [-0.1, -0.05) is 12.1 Å². The second-order valence-corrected chi connectivity index (χ2v) is 9.34. The molecule has 1 amide bonds. The van der Waals surface area contributed by atoms with Crippen molar-refractivity contribution in [3.63, 3.8) is 0 Å². The fourth-order valence-electron chi connectivity index (χ4n) is 5.26. The highest BCUT2D eigenvalue weighted by Crippen LogP contribution is 2.47. The Bertz CT molecular complexity index is 1070. The monoisotopic (exact) mass is 519 g/mol. The van der Waals surface area contributed by atoms with Crippen LogP contribution in [-0.2, 0) is 21.9 Å². The van der Waals surface area contributed by atoms with E-state index in [2.05, 4.69) is 5.32 Å². The third-order valence-electron chi connectivity index (χ3n) is 6.98. The molecule has 2 fully saturated rings. The van der Waals surface area contributed by atoms with E-state index in [1.54, 1.807) is 12.1 Å². The van der Waals surface area contributed by atoms with Crippen molar-refractivity contribution in [3.05, 3.63) is 70.5 Å². The van der Waals surface area contributed by atoms with E-state index in [0.29, 0.717) is 30.5 Å². The normalized spacial score (nSPS) is 27.8. The second-order valence-electron chi connectivity index (χ2n) is 9.34. The molecular weight excluding hydrogens is 495 g/mol. The van der Waals surface area contributed by atoms with Crippen LogP contribution in [0.5, 0.6) is 0 Å². The summed E-state index contributed by atoms with van der Waals surface area (Å²) in [6.07, 6.45) is -11.8. The number of aliphatic hydroxyl groups is 1. The van der Waals surface area contributed by atoms with Crippen LogP contribution < -0.4 is 5.32 Å². The molecule has 0 radical (unpaired) electrons. The van der Waals surface area contributed by atoms with Gasteiger partial charge in [-0.05, 0) is 67.1 Å². The zero-order valence-electron chi connectivity index (χ0n) is 19.0. The number of hydrogen-bond donors (Lipinski definition) is 2. The highest BCUT2D eigenvalue weighted by atomic mass is 19.4. The lowest BCUT2D eigenvalue weighted by atomic mass is 9.82. The number of benzene rings is 2. The molecule has 1 saturated heterocycles. The van der Waals surface area contributed by atoms with Crippen molar-refractivity contribution >= 4 is 5.91 Å². The van der Waals surface area contributed by atoms with E-state index in [0.717, 1.165) is 0 Å². The molecule has 0 bridgehead atoms. The third kappa shape index (κ3) is 5.51. The van der Waals surface area contributed by atoms with E-state index in [9.17, 15) is 40.6 Å². The van der Waals surface area contributed by atoms with Gasteiger partial charge >= 0.3 is 12.4 Å². The molecule has 6 atom stereocenters. The van der Waals surface area contributed by atoms with Crippen LogP contribution in [0.1, 0.15) is 60.5 Å². The van der Waals surface area contributed by atoms with E-state index in [1.807, 2.05) is 0 Å². The van der Waals surface area contributed by atoms with Gasteiger partial charge in [0.15, 0.2) is 0 Å². The summed E-state index contributed by atoms with van der Waals surface area (Å²) in [7, 11) is 0. The molecule has 4 nitrogen and oxygen atoms in total. The van der Waals surface area contributed by atoms with Crippen molar-refractivity contribution in [1.82, 2.24) is 5.32 Å². The van der Waals surface area contributed by atoms with E-state index in [4.69, 9.17) is 4.74 Å². The highest BCUT2D eigenvalue weighted by molar-refractivity contribution is 5.83. The van der Waals surface area contributed by atoms with Gasteiger partial charge in [0.2, 0.25) is 5.91 Å². The van der Waals surface area contributed by atoms with Gasteiger partial charge in [0.05, 0.1) is 23.3 Å². The zero-order valence-corrected chi connectivity index (χ0v) is 19.0. The first-order valence-electron chi connectivity index (χ1n) is 11.4. The van der Waals surface area contributed by atoms with Crippen LogP contribution >= 0.6 is 0 Å². The number of halogens is 7. The Morgan fingerprint density at radius 2 is 1.56 bits per heavy atom. The van der Waals surface area contributed by atoms with Crippen molar-refractivity contribution in [2.24, 2.45) is 5.92 Å². The van der Waals surface area contributed by atoms with Crippen LogP contribution in [0, 0.1) is 11.7 Å². The van der Waals surface area contributed by atoms with Crippen LogP contribution in [0.3, 0.4) is 0 Å². The van der Waals surface area contributed by atoms with Crippen molar-refractivity contribution < 1.29 is 45.4 Å². The molecule has 196 valence electrons. The fourth-order valence-corrected chi connectivity index (χ4v) is 5.26. The largest absolute Gasteiger partial charge is 0.416 e. The Morgan fingerprint density at radius 1 is 0.972 bits per heavy atom. The Kier molecular flexibility index (Phi) is 7.09. The molecule has 2 aromatic rings. The van der Waals surface area contributed by atoms with Gasteiger partial charge in [-0.15, -0.1) is 0 Å². The molecule has 1 saturated carbocycles. The number of ether oxygens (including phenoxy) is 1. The number of rotatable bonds is 5. The molecule has 1 aliphatic carbocycles. The quantitative estimate of drug-likeness (QED) is 0.495. The Balaban J connectivity index is 1.64. The number of hydrogen-bond acceptors (Lipinski definition) is 3. The van der Waals surface area contributed by atoms with E-state index < -0.39 is 65.5 Å². The first-order valence-corrected chi connectivity index (χ1v) is 11.4. The summed E-state index contributed by atoms with van der Waals surface area (Å²) < 4.78 is 99.5. The number of carbonyl (C=O) groups excluding carboxylic acids is 1. The van der Waals surface area contributed by atoms with E-state index in [-0.39, 0.29) is 24.0 Å². The van der Waals surface area contributed by atoms with Gasteiger partial charge < -0.3 is 15.2 Å². The predicted octanol–water partition coefficient (Wildman–Crippen LogP) is 5.75. The number of amides is 1. The molecule has 0 unspecified atom stereocenters. The van der Waals surface area contributed by atoms with Crippen LogP contribution in [0.25, 0.3) is 0 Å². The third-order valence-corrected chi connectivity index (χ3v) is 6.98. The predicted molar refractivity (Wildman–Crippen MR) is 114 cm³/mol. The summed E-state index contributed by atoms with van der Waals surface area (Å²) in [5.41, 5.74) is -2.47. The molecule has 0 aromatic heterocycles. The van der Waals surface area contributed by atoms with E-state index >= 15 is 0 Å². The summed E-state index contributed by atoms with van der Waals surface area (Å²) in [6.45, 7) is 1.38. The average Bonchev–Trinajstić information content (AvgIpc) is 3.35. The lowest BCUT2D eigenvalue weighted by Crippen LogP contribution is -2.36. The molecule has 2 aromatic carbocycles.